The first kappa shape index (κ1) is 13.5. The molecule has 1 unspecified atom stereocenters. The van der Waals surface area contributed by atoms with Gasteiger partial charge in [-0.1, -0.05) is 11.6 Å². The average molecular weight is 284 g/mol. The first-order valence-electron chi connectivity index (χ1n) is 5.41. The van der Waals surface area contributed by atoms with Crippen molar-refractivity contribution in [2.45, 2.75) is 6.10 Å². The van der Waals surface area contributed by atoms with Gasteiger partial charge < -0.3 is 15.6 Å². The number of benzene rings is 1. The van der Waals surface area contributed by atoms with Gasteiger partial charge in [0.1, 0.15) is 11.6 Å². The van der Waals surface area contributed by atoms with Crippen LogP contribution >= 0.6 is 11.6 Å². The molecule has 3 N–H and O–H groups in total. The number of aliphatic hydroxyl groups is 1. The summed E-state index contributed by atoms with van der Waals surface area (Å²) in [7, 11) is 0. The molecule has 0 aliphatic carbocycles. The van der Waals surface area contributed by atoms with E-state index in [1.807, 2.05) is 0 Å². The molecule has 1 aromatic heterocycles. The van der Waals surface area contributed by atoms with Crippen LogP contribution in [0.3, 0.4) is 0 Å². The van der Waals surface area contributed by atoms with Crippen LogP contribution in [0.1, 0.15) is 11.8 Å². The van der Waals surface area contributed by atoms with Gasteiger partial charge in [-0.3, -0.25) is 0 Å². The molecule has 100 valence electrons. The summed E-state index contributed by atoms with van der Waals surface area (Å²) >= 11 is 5.85. The largest absolute Gasteiger partial charge is 0.480 e. The maximum Gasteiger partial charge on any atom is 0.220 e. The molecule has 0 bridgehead atoms. The number of rotatable bonds is 4. The van der Waals surface area contributed by atoms with Gasteiger partial charge in [0, 0.05) is 6.20 Å². The van der Waals surface area contributed by atoms with E-state index < -0.39 is 11.9 Å². The number of hydrogen-bond donors (Lipinski definition) is 2. The molecule has 0 fully saturated rings. The minimum absolute atomic E-state index is 0.0738. The fraction of sp³-hybridized carbons (Fsp3) is 0.167. The van der Waals surface area contributed by atoms with Crippen LogP contribution in [0.15, 0.2) is 30.5 Å². The van der Waals surface area contributed by atoms with Crippen molar-refractivity contribution in [3.05, 3.63) is 47.0 Å². The van der Waals surface area contributed by atoms with E-state index in [2.05, 4.69) is 9.97 Å². The van der Waals surface area contributed by atoms with Gasteiger partial charge in [-0.05, 0) is 24.3 Å². The number of nitrogens with zero attached hydrogens (tertiary/aromatic N) is 2. The summed E-state index contributed by atoms with van der Waals surface area (Å²) in [6, 6.07) is 5.28. The summed E-state index contributed by atoms with van der Waals surface area (Å²) in [5.41, 5.74) is 5.87. The van der Waals surface area contributed by atoms with Gasteiger partial charge in [0.15, 0.2) is 6.10 Å². The zero-order valence-corrected chi connectivity index (χ0v) is 10.5. The Morgan fingerprint density at radius 1 is 1.42 bits per heavy atom. The van der Waals surface area contributed by atoms with E-state index in [0.717, 1.165) is 6.07 Å². The molecule has 0 radical (unpaired) electrons. The van der Waals surface area contributed by atoms with Gasteiger partial charge in [0.2, 0.25) is 5.95 Å². The van der Waals surface area contributed by atoms with E-state index in [-0.39, 0.29) is 23.3 Å². The number of nitrogen functional groups attached to an aromatic ring is 1. The van der Waals surface area contributed by atoms with Crippen molar-refractivity contribution in [3.63, 3.8) is 0 Å². The van der Waals surface area contributed by atoms with E-state index >= 15 is 0 Å². The maximum absolute atomic E-state index is 12.9. The molecule has 1 atom stereocenters. The number of hydrogen-bond acceptors (Lipinski definition) is 5. The number of anilines is 1. The van der Waals surface area contributed by atoms with Crippen LogP contribution < -0.4 is 10.5 Å². The van der Waals surface area contributed by atoms with Crippen molar-refractivity contribution < 1.29 is 14.2 Å². The van der Waals surface area contributed by atoms with Gasteiger partial charge in [0.25, 0.3) is 0 Å². The van der Waals surface area contributed by atoms with Gasteiger partial charge in [-0.15, -0.1) is 0 Å². The molecule has 2 aromatic rings. The van der Waals surface area contributed by atoms with Crippen molar-refractivity contribution in [3.8, 4) is 5.75 Å². The second-order valence-electron chi connectivity index (χ2n) is 3.70. The summed E-state index contributed by atoms with van der Waals surface area (Å²) in [4.78, 5) is 7.70. The molecular formula is C12H11ClFN3O2. The molecule has 2 rings (SSSR count). The molecule has 0 saturated carbocycles. The SMILES string of the molecule is Nc1nccc(C(CO)Oc2ccc(F)cc2Cl)n1. The number of ether oxygens (including phenoxy) is 1. The van der Waals surface area contributed by atoms with Gasteiger partial charge >= 0.3 is 0 Å². The predicted octanol–water partition coefficient (Wildman–Crippen LogP) is 1.96. The maximum atomic E-state index is 12.9. The van der Waals surface area contributed by atoms with Crippen LogP contribution in [0, 0.1) is 5.82 Å². The number of halogens is 2. The first-order chi connectivity index (χ1) is 9.10. The fourth-order valence-corrected chi connectivity index (χ4v) is 1.69. The molecule has 0 amide bonds. The highest BCUT2D eigenvalue weighted by atomic mass is 35.5. The third-order valence-electron chi connectivity index (χ3n) is 2.35. The van der Waals surface area contributed by atoms with Crippen LogP contribution in [0.2, 0.25) is 5.02 Å². The lowest BCUT2D eigenvalue weighted by atomic mass is 10.2. The Balaban J connectivity index is 2.24. The molecule has 19 heavy (non-hydrogen) atoms. The fourth-order valence-electron chi connectivity index (χ4n) is 1.48. The lowest BCUT2D eigenvalue weighted by molar-refractivity contribution is 0.113. The summed E-state index contributed by atoms with van der Waals surface area (Å²) in [6.07, 6.45) is 0.698. The van der Waals surface area contributed by atoms with Crippen LogP contribution in [-0.4, -0.2) is 21.7 Å². The van der Waals surface area contributed by atoms with Crippen LogP contribution in [0.4, 0.5) is 10.3 Å². The first-order valence-corrected chi connectivity index (χ1v) is 5.79. The third-order valence-corrected chi connectivity index (χ3v) is 2.65. The molecule has 0 aliphatic rings. The lowest BCUT2D eigenvalue weighted by Gasteiger charge is -2.17. The summed E-state index contributed by atoms with van der Waals surface area (Å²) in [5, 5.41) is 9.45. The van der Waals surface area contributed by atoms with E-state index in [1.54, 1.807) is 6.07 Å². The van der Waals surface area contributed by atoms with Crippen molar-refractivity contribution in [2.75, 3.05) is 12.3 Å². The minimum Gasteiger partial charge on any atom is -0.480 e. The van der Waals surface area contributed by atoms with E-state index in [0.29, 0.717) is 5.69 Å². The molecule has 0 aliphatic heterocycles. The second-order valence-corrected chi connectivity index (χ2v) is 4.11. The Labute approximate surface area is 113 Å². The van der Waals surface area contributed by atoms with Crippen LogP contribution in [0.25, 0.3) is 0 Å². The number of aromatic nitrogens is 2. The average Bonchev–Trinajstić information content (AvgIpc) is 2.38. The quantitative estimate of drug-likeness (QED) is 0.896. The summed E-state index contributed by atoms with van der Waals surface area (Å²) in [5.74, 6) is -0.145. The van der Waals surface area contributed by atoms with Gasteiger partial charge in [-0.25, -0.2) is 14.4 Å². The highest BCUT2D eigenvalue weighted by molar-refractivity contribution is 6.32. The minimum atomic E-state index is -0.756. The number of aliphatic hydroxyl groups excluding tert-OH is 1. The molecule has 0 spiro atoms. The van der Waals surface area contributed by atoms with E-state index in [9.17, 15) is 9.50 Å². The smallest absolute Gasteiger partial charge is 0.220 e. The third kappa shape index (κ3) is 3.30. The highest BCUT2D eigenvalue weighted by Crippen LogP contribution is 2.29. The second kappa shape index (κ2) is 5.81. The van der Waals surface area contributed by atoms with Crippen LogP contribution in [0.5, 0.6) is 5.75 Å². The molecule has 7 heteroatoms. The monoisotopic (exact) mass is 283 g/mol. The lowest BCUT2D eigenvalue weighted by Crippen LogP contribution is -2.15. The topological polar surface area (TPSA) is 81.3 Å². The summed E-state index contributed by atoms with van der Waals surface area (Å²) < 4.78 is 18.4. The van der Waals surface area contributed by atoms with Gasteiger partial charge in [0.05, 0.1) is 17.3 Å². The van der Waals surface area contributed by atoms with Crippen molar-refractivity contribution in [1.82, 2.24) is 9.97 Å². The Morgan fingerprint density at radius 2 is 2.21 bits per heavy atom. The Bertz CT molecular complexity index is 583. The van der Waals surface area contributed by atoms with Crippen molar-refractivity contribution >= 4 is 17.5 Å². The Hall–Kier alpha value is -1.92. The van der Waals surface area contributed by atoms with E-state index in [4.69, 9.17) is 22.1 Å². The zero-order chi connectivity index (χ0) is 13.8. The van der Waals surface area contributed by atoms with Crippen molar-refractivity contribution in [1.29, 1.82) is 0 Å². The number of nitrogens with two attached hydrogens (primary N) is 1. The van der Waals surface area contributed by atoms with Crippen molar-refractivity contribution in [2.24, 2.45) is 0 Å². The predicted molar refractivity (Wildman–Crippen MR) is 68.3 cm³/mol. The normalized spacial score (nSPS) is 12.2. The molecule has 5 nitrogen and oxygen atoms in total. The Morgan fingerprint density at radius 3 is 2.84 bits per heavy atom. The van der Waals surface area contributed by atoms with Gasteiger partial charge in [-0.2, -0.15) is 0 Å². The Kier molecular flexibility index (Phi) is 4.13. The summed E-state index contributed by atoms with van der Waals surface area (Å²) in [6.45, 7) is -0.329. The molecular weight excluding hydrogens is 273 g/mol. The van der Waals surface area contributed by atoms with E-state index in [1.165, 1.54) is 18.3 Å². The van der Waals surface area contributed by atoms with Crippen LogP contribution in [-0.2, 0) is 0 Å². The standard InChI is InChI=1S/C12H11ClFN3O2/c13-8-5-7(14)1-2-10(8)19-11(6-18)9-3-4-16-12(15)17-9/h1-5,11,18H,6H2,(H2,15,16,17). The molecule has 1 aromatic carbocycles. The highest BCUT2D eigenvalue weighted by Gasteiger charge is 2.16. The molecule has 0 saturated heterocycles. The zero-order valence-electron chi connectivity index (χ0n) is 9.75. The molecule has 1 heterocycles.